The Kier molecular flexibility index (Phi) is 4.64. The molecule has 1 aliphatic carbocycles. The molecule has 1 saturated heterocycles. The number of rotatable bonds is 2. The van der Waals surface area contributed by atoms with Crippen LogP contribution in [0.15, 0.2) is 43.0 Å². The van der Waals surface area contributed by atoms with Crippen LogP contribution in [0.5, 0.6) is 0 Å². The molecule has 2 aliphatic rings. The second-order valence-corrected chi connectivity index (χ2v) is 9.36. The fourth-order valence-corrected chi connectivity index (χ4v) is 5.67. The van der Waals surface area contributed by atoms with Crippen molar-refractivity contribution >= 4 is 23.2 Å². The third kappa shape index (κ3) is 3.04. The number of fused-ring (bicyclic) bond motifs is 2. The molecule has 1 spiro atoms. The summed E-state index contributed by atoms with van der Waals surface area (Å²) in [5.41, 5.74) is 11.4. The van der Waals surface area contributed by atoms with Crippen molar-refractivity contribution < 1.29 is 4.39 Å². The van der Waals surface area contributed by atoms with Gasteiger partial charge in [0.1, 0.15) is 5.65 Å². The highest BCUT2D eigenvalue weighted by Crippen LogP contribution is 2.50. The summed E-state index contributed by atoms with van der Waals surface area (Å²) in [7, 11) is 0. The lowest BCUT2D eigenvalue weighted by Gasteiger charge is -2.42. The zero-order valence-corrected chi connectivity index (χ0v) is 18.9. The predicted molar refractivity (Wildman–Crippen MR) is 125 cm³/mol. The quantitative estimate of drug-likeness (QED) is 0.450. The maximum atomic E-state index is 14.8. The number of nitrogens with zero attached hydrogens (tertiary/aromatic N) is 6. The van der Waals surface area contributed by atoms with Crippen molar-refractivity contribution in [2.75, 3.05) is 18.0 Å². The first-order chi connectivity index (χ1) is 16.0. The zero-order valence-electron chi connectivity index (χ0n) is 18.2. The smallest absolute Gasteiger partial charge is 0.211 e. The molecule has 0 bridgehead atoms. The largest absolute Gasteiger partial charge is 0.342 e. The van der Waals surface area contributed by atoms with E-state index in [2.05, 4.69) is 25.9 Å². The summed E-state index contributed by atoms with van der Waals surface area (Å²) in [5.74, 6) is 0.242. The van der Waals surface area contributed by atoms with Crippen LogP contribution in [-0.4, -0.2) is 37.4 Å². The van der Waals surface area contributed by atoms with Gasteiger partial charge in [0, 0.05) is 60.7 Å². The van der Waals surface area contributed by atoms with E-state index < -0.39 is 5.82 Å². The first-order valence-corrected chi connectivity index (χ1v) is 11.4. The number of nitrogens with two attached hydrogens (primary N) is 1. The van der Waals surface area contributed by atoms with Crippen molar-refractivity contribution in [2.24, 2.45) is 11.1 Å². The van der Waals surface area contributed by atoms with E-state index in [1.807, 2.05) is 29.8 Å². The molecule has 6 rings (SSSR count). The van der Waals surface area contributed by atoms with Crippen molar-refractivity contribution in [3.63, 3.8) is 0 Å². The molecule has 2 N–H and O–H groups in total. The van der Waals surface area contributed by atoms with E-state index in [4.69, 9.17) is 22.3 Å². The molecular formula is C24H23ClFN7. The Bertz CT molecular complexity index is 1380. The monoisotopic (exact) mass is 463 g/mol. The van der Waals surface area contributed by atoms with Gasteiger partial charge in [-0.2, -0.15) is 0 Å². The fraction of sp³-hybridized carbons (Fsp3) is 0.333. The van der Waals surface area contributed by atoms with Gasteiger partial charge in [-0.3, -0.25) is 9.38 Å². The van der Waals surface area contributed by atoms with E-state index in [0.29, 0.717) is 22.5 Å². The molecular weight excluding hydrogens is 441 g/mol. The summed E-state index contributed by atoms with van der Waals surface area (Å²) in [6.07, 6.45) is 9.76. The van der Waals surface area contributed by atoms with Crippen LogP contribution in [0.1, 0.15) is 35.8 Å². The van der Waals surface area contributed by atoms with Crippen LogP contribution in [0.3, 0.4) is 0 Å². The van der Waals surface area contributed by atoms with E-state index in [1.54, 1.807) is 12.3 Å². The van der Waals surface area contributed by atoms with E-state index in [9.17, 15) is 4.39 Å². The average Bonchev–Trinajstić information content (AvgIpc) is 3.40. The second kappa shape index (κ2) is 7.46. The summed E-state index contributed by atoms with van der Waals surface area (Å²) in [5, 5.41) is -0.162. The molecule has 4 aromatic rings. The molecule has 5 heterocycles. The SMILES string of the molecule is Cc1nc(N2CCC3(CC2)Cc2ncccc2[C@H]3N)n2ccnc2c1-c1ccnc(Cl)c1F. The van der Waals surface area contributed by atoms with Gasteiger partial charge in [0.25, 0.3) is 0 Å². The van der Waals surface area contributed by atoms with Crippen LogP contribution in [-0.2, 0) is 6.42 Å². The Morgan fingerprint density at radius 2 is 1.94 bits per heavy atom. The number of aryl methyl sites for hydroxylation is 1. The van der Waals surface area contributed by atoms with E-state index >= 15 is 0 Å². The lowest BCUT2D eigenvalue weighted by Crippen LogP contribution is -2.45. The third-order valence-corrected chi connectivity index (χ3v) is 7.57. The zero-order chi connectivity index (χ0) is 22.7. The number of hydrogen-bond acceptors (Lipinski definition) is 6. The minimum atomic E-state index is -0.565. The molecule has 168 valence electrons. The normalized spacial score (nSPS) is 19.4. The van der Waals surface area contributed by atoms with Gasteiger partial charge in [0.05, 0.1) is 5.69 Å². The molecule has 0 aromatic carbocycles. The minimum absolute atomic E-state index is 0.00750. The standard InChI is InChI=1S/C24H23ClFN7/c1-14-18(16-4-8-29-21(25)19(16)26)22-30-9-12-33(22)23(31-14)32-10-5-24(6-11-32)13-17-15(20(24)27)3-2-7-28-17/h2-4,7-9,12,20H,5-6,10-11,13,27H2,1H3/t20-/m1/s1. The maximum Gasteiger partial charge on any atom is 0.211 e. The number of pyridine rings is 2. The van der Waals surface area contributed by atoms with Gasteiger partial charge in [-0.1, -0.05) is 17.7 Å². The van der Waals surface area contributed by atoms with Crippen molar-refractivity contribution in [1.29, 1.82) is 0 Å². The lowest BCUT2D eigenvalue weighted by molar-refractivity contribution is 0.186. The Balaban J connectivity index is 1.34. The van der Waals surface area contributed by atoms with E-state index in [0.717, 1.165) is 44.0 Å². The molecule has 4 aromatic heterocycles. The predicted octanol–water partition coefficient (Wildman–Crippen LogP) is 4.13. The van der Waals surface area contributed by atoms with Crippen LogP contribution in [0.25, 0.3) is 16.8 Å². The Morgan fingerprint density at radius 1 is 1.12 bits per heavy atom. The van der Waals surface area contributed by atoms with Crippen LogP contribution in [0, 0.1) is 18.2 Å². The average molecular weight is 464 g/mol. The van der Waals surface area contributed by atoms with Crippen molar-refractivity contribution in [2.45, 2.75) is 32.2 Å². The Labute approximate surface area is 195 Å². The molecule has 9 heteroatoms. The van der Waals surface area contributed by atoms with Gasteiger partial charge in [-0.05, 0) is 49.3 Å². The van der Waals surface area contributed by atoms with Gasteiger partial charge < -0.3 is 10.6 Å². The lowest BCUT2D eigenvalue weighted by atomic mass is 9.73. The summed E-state index contributed by atoms with van der Waals surface area (Å²) >= 11 is 5.94. The first-order valence-electron chi connectivity index (χ1n) is 11.1. The second-order valence-electron chi connectivity index (χ2n) is 9.00. The van der Waals surface area contributed by atoms with Gasteiger partial charge in [-0.15, -0.1) is 0 Å². The highest BCUT2D eigenvalue weighted by atomic mass is 35.5. The van der Waals surface area contributed by atoms with Gasteiger partial charge in [0.2, 0.25) is 5.95 Å². The third-order valence-electron chi connectivity index (χ3n) is 7.31. The molecule has 0 radical (unpaired) electrons. The highest BCUT2D eigenvalue weighted by molar-refractivity contribution is 6.29. The molecule has 1 fully saturated rings. The van der Waals surface area contributed by atoms with Gasteiger partial charge in [0.15, 0.2) is 11.0 Å². The summed E-state index contributed by atoms with van der Waals surface area (Å²) in [6.45, 7) is 3.54. The summed E-state index contributed by atoms with van der Waals surface area (Å²) < 4.78 is 16.7. The molecule has 0 unspecified atom stereocenters. The Morgan fingerprint density at radius 3 is 2.73 bits per heavy atom. The number of piperidine rings is 1. The number of anilines is 1. The topological polar surface area (TPSA) is 85.2 Å². The van der Waals surface area contributed by atoms with Crippen molar-refractivity contribution in [3.05, 3.63) is 70.9 Å². The fourth-order valence-electron chi connectivity index (χ4n) is 5.52. The molecule has 7 nitrogen and oxygen atoms in total. The summed E-state index contributed by atoms with van der Waals surface area (Å²) in [4.78, 5) is 20.1. The molecule has 0 amide bonds. The van der Waals surface area contributed by atoms with Crippen molar-refractivity contribution in [1.82, 2.24) is 24.3 Å². The van der Waals surface area contributed by atoms with Crippen LogP contribution in [0.4, 0.5) is 10.3 Å². The highest BCUT2D eigenvalue weighted by Gasteiger charge is 2.46. The minimum Gasteiger partial charge on any atom is -0.342 e. The van der Waals surface area contributed by atoms with Crippen LogP contribution < -0.4 is 10.6 Å². The molecule has 0 saturated carbocycles. The number of hydrogen-bond donors (Lipinski definition) is 1. The number of imidazole rings is 1. The Hall–Kier alpha value is -3.10. The van der Waals surface area contributed by atoms with Gasteiger partial charge >= 0.3 is 0 Å². The van der Waals surface area contributed by atoms with E-state index in [-0.39, 0.29) is 16.6 Å². The van der Waals surface area contributed by atoms with Gasteiger partial charge in [-0.25, -0.2) is 19.3 Å². The molecule has 1 aliphatic heterocycles. The van der Waals surface area contributed by atoms with Crippen LogP contribution >= 0.6 is 11.6 Å². The van der Waals surface area contributed by atoms with Crippen LogP contribution in [0.2, 0.25) is 5.15 Å². The maximum absolute atomic E-state index is 14.8. The van der Waals surface area contributed by atoms with E-state index in [1.165, 1.54) is 11.8 Å². The first kappa shape index (κ1) is 20.5. The summed E-state index contributed by atoms with van der Waals surface area (Å²) in [6, 6.07) is 5.69. The molecule has 1 atom stereocenters. The van der Waals surface area contributed by atoms with Crippen molar-refractivity contribution in [3.8, 4) is 11.1 Å². The molecule has 33 heavy (non-hydrogen) atoms. The number of aromatic nitrogens is 5. The number of halogens is 2.